The molecule has 2 nitrogen and oxygen atoms in total. The number of alkyl halides is 1. The summed E-state index contributed by atoms with van der Waals surface area (Å²) in [5.41, 5.74) is 0. The second-order valence-electron chi connectivity index (χ2n) is 3.50. The summed E-state index contributed by atoms with van der Waals surface area (Å²) >= 11 is 11.4. The van der Waals surface area contributed by atoms with Gasteiger partial charge in [-0.2, -0.15) is 0 Å². The Hall–Kier alpha value is -0.250. The molecule has 90 valence electrons. The van der Waals surface area contributed by atoms with E-state index in [0.29, 0.717) is 17.3 Å². The molecular weight excluding hydrogens is 267 g/mol. The van der Waals surface area contributed by atoms with E-state index in [4.69, 9.17) is 23.2 Å². The fourth-order valence-corrected chi connectivity index (χ4v) is 3.50. The fourth-order valence-electron chi connectivity index (χ4n) is 1.37. The van der Waals surface area contributed by atoms with Crippen LogP contribution >= 0.6 is 23.2 Å². The van der Waals surface area contributed by atoms with Crippen molar-refractivity contribution in [3.8, 4) is 0 Å². The number of halogens is 2. The topological polar surface area (TPSA) is 34.1 Å². The minimum Gasteiger partial charge on any atom is -0.224 e. The summed E-state index contributed by atoms with van der Waals surface area (Å²) < 4.78 is 23.8. The molecule has 0 aromatic heterocycles. The summed E-state index contributed by atoms with van der Waals surface area (Å²) in [6.07, 6.45) is 2.30. The standard InChI is InChI=1S/C11H14Cl2O2S/c12-8-4-1-5-9-16(14,15)11-7-3-2-6-10(11)13/h2-3,6-7H,1,4-5,8-9H2. The second kappa shape index (κ2) is 6.48. The Bertz CT molecular complexity index is 429. The third-order valence-electron chi connectivity index (χ3n) is 2.22. The molecule has 0 spiro atoms. The molecular formula is C11H14Cl2O2S. The van der Waals surface area contributed by atoms with Crippen molar-refractivity contribution in [3.63, 3.8) is 0 Å². The molecule has 16 heavy (non-hydrogen) atoms. The maximum absolute atomic E-state index is 11.9. The van der Waals surface area contributed by atoms with Gasteiger partial charge in [0, 0.05) is 5.88 Å². The lowest BCUT2D eigenvalue weighted by Crippen LogP contribution is -2.07. The number of rotatable bonds is 6. The molecule has 5 heteroatoms. The Kier molecular flexibility index (Phi) is 5.59. The zero-order valence-electron chi connectivity index (χ0n) is 8.83. The molecule has 0 N–H and O–H groups in total. The average molecular weight is 281 g/mol. The highest BCUT2D eigenvalue weighted by Crippen LogP contribution is 2.22. The number of unbranched alkanes of at least 4 members (excludes halogenated alkanes) is 2. The first-order chi connectivity index (χ1) is 7.58. The molecule has 1 rings (SSSR count). The van der Waals surface area contributed by atoms with Crippen LogP contribution in [0, 0.1) is 0 Å². The van der Waals surface area contributed by atoms with E-state index in [1.807, 2.05) is 0 Å². The molecule has 0 saturated heterocycles. The van der Waals surface area contributed by atoms with Crippen LogP contribution < -0.4 is 0 Å². The number of hydrogen-bond acceptors (Lipinski definition) is 2. The van der Waals surface area contributed by atoms with Crippen LogP contribution in [0.3, 0.4) is 0 Å². The molecule has 1 aromatic carbocycles. The van der Waals surface area contributed by atoms with Crippen LogP contribution in [0.1, 0.15) is 19.3 Å². The SMILES string of the molecule is O=S(=O)(CCCCCCl)c1ccccc1Cl. The molecule has 0 unspecified atom stereocenters. The Balaban J connectivity index is 2.68. The summed E-state index contributed by atoms with van der Waals surface area (Å²) in [6, 6.07) is 6.53. The van der Waals surface area contributed by atoms with E-state index in [9.17, 15) is 8.42 Å². The lowest BCUT2D eigenvalue weighted by atomic mass is 10.3. The van der Waals surface area contributed by atoms with Crippen LogP contribution in [-0.4, -0.2) is 20.1 Å². The average Bonchev–Trinajstić information content (AvgIpc) is 2.25. The van der Waals surface area contributed by atoms with Gasteiger partial charge in [-0.05, 0) is 25.0 Å². The molecule has 0 radical (unpaired) electrons. The zero-order chi connectivity index (χ0) is 12.0. The molecule has 0 aliphatic heterocycles. The maximum Gasteiger partial charge on any atom is 0.179 e. The van der Waals surface area contributed by atoms with Gasteiger partial charge in [0.2, 0.25) is 0 Å². The van der Waals surface area contributed by atoms with E-state index in [1.165, 1.54) is 0 Å². The van der Waals surface area contributed by atoms with Gasteiger partial charge in [-0.15, -0.1) is 11.6 Å². The second-order valence-corrected chi connectivity index (χ2v) is 6.36. The molecule has 0 aliphatic carbocycles. The minimum absolute atomic E-state index is 0.133. The Labute approximate surface area is 106 Å². The van der Waals surface area contributed by atoms with Gasteiger partial charge in [0.05, 0.1) is 15.7 Å². The number of hydrogen-bond donors (Lipinski definition) is 0. The van der Waals surface area contributed by atoms with Crippen molar-refractivity contribution in [2.24, 2.45) is 0 Å². The van der Waals surface area contributed by atoms with Gasteiger partial charge in [0.25, 0.3) is 0 Å². The van der Waals surface area contributed by atoms with Crippen molar-refractivity contribution >= 4 is 33.0 Å². The largest absolute Gasteiger partial charge is 0.224 e. The highest BCUT2D eigenvalue weighted by Gasteiger charge is 2.16. The molecule has 1 aromatic rings. The third kappa shape index (κ3) is 3.96. The molecule has 0 bridgehead atoms. The summed E-state index contributed by atoms with van der Waals surface area (Å²) in [4.78, 5) is 0.225. The Morgan fingerprint density at radius 2 is 1.75 bits per heavy atom. The van der Waals surface area contributed by atoms with Crippen LogP contribution in [0.25, 0.3) is 0 Å². The van der Waals surface area contributed by atoms with E-state index >= 15 is 0 Å². The van der Waals surface area contributed by atoms with Crippen LogP contribution in [0.15, 0.2) is 29.2 Å². The van der Waals surface area contributed by atoms with Crippen LogP contribution in [0.2, 0.25) is 5.02 Å². The van der Waals surface area contributed by atoms with Crippen molar-refractivity contribution in [1.29, 1.82) is 0 Å². The van der Waals surface area contributed by atoms with Gasteiger partial charge in [0.15, 0.2) is 9.84 Å². The monoisotopic (exact) mass is 280 g/mol. The third-order valence-corrected chi connectivity index (χ3v) is 4.78. The summed E-state index contributed by atoms with van der Waals surface area (Å²) in [5, 5.41) is 0.292. The van der Waals surface area contributed by atoms with Gasteiger partial charge in [0.1, 0.15) is 0 Å². The van der Waals surface area contributed by atoms with Crippen molar-refractivity contribution in [3.05, 3.63) is 29.3 Å². The summed E-state index contributed by atoms with van der Waals surface area (Å²) in [5.74, 6) is 0.708. The van der Waals surface area contributed by atoms with Crippen LogP contribution in [0.4, 0.5) is 0 Å². The molecule has 0 atom stereocenters. The van der Waals surface area contributed by atoms with Gasteiger partial charge in [-0.25, -0.2) is 8.42 Å². The number of sulfone groups is 1. The smallest absolute Gasteiger partial charge is 0.179 e. The Morgan fingerprint density at radius 1 is 1.06 bits per heavy atom. The first-order valence-electron chi connectivity index (χ1n) is 5.11. The van der Waals surface area contributed by atoms with Crippen molar-refractivity contribution in [2.45, 2.75) is 24.2 Å². The van der Waals surface area contributed by atoms with Gasteiger partial charge < -0.3 is 0 Å². The molecule has 0 heterocycles. The normalized spacial score (nSPS) is 11.6. The summed E-state index contributed by atoms with van der Waals surface area (Å²) in [6.45, 7) is 0. The van der Waals surface area contributed by atoms with Crippen molar-refractivity contribution < 1.29 is 8.42 Å². The first kappa shape index (κ1) is 13.8. The predicted molar refractivity (Wildman–Crippen MR) is 68.1 cm³/mol. The minimum atomic E-state index is -3.25. The van der Waals surface area contributed by atoms with E-state index in [1.54, 1.807) is 24.3 Å². The van der Waals surface area contributed by atoms with E-state index in [0.717, 1.165) is 12.8 Å². The zero-order valence-corrected chi connectivity index (χ0v) is 11.2. The van der Waals surface area contributed by atoms with E-state index < -0.39 is 9.84 Å². The highest BCUT2D eigenvalue weighted by atomic mass is 35.5. The Morgan fingerprint density at radius 3 is 2.38 bits per heavy atom. The molecule has 0 amide bonds. The van der Waals surface area contributed by atoms with Crippen LogP contribution in [0.5, 0.6) is 0 Å². The predicted octanol–water partition coefficient (Wildman–Crippen LogP) is 3.52. The van der Waals surface area contributed by atoms with Gasteiger partial charge in [-0.3, -0.25) is 0 Å². The first-order valence-corrected chi connectivity index (χ1v) is 7.67. The summed E-state index contributed by atoms with van der Waals surface area (Å²) in [7, 11) is -3.25. The molecule has 0 saturated carbocycles. The van der Waals surface area contributed by atoms with Crippen LogP contribution in [-0.2, 0) is 9.84 Å². The lowest BCUT2D eigenvalue weighted by Gasteiger charge is -2.05. The molecule has 0 aliphatic rings. The van der Waals surface area contributed by atoms with Crippen molar-refractivity contribution in [2.75, 3.05) is 11.6 Å². The number of benzene rings is 1. The quantitative estimate of drug-likeness (QED) is 0.590. The highest BCUT2D eigenvalue weighted by molar-refractivity contribution is 7.91. The maximum atomic E-state index is 11.9. The molecule has 0 fully saturated rings. The lowest BCUT2D eigenvalue weighted by molar-refractivity contribution is 0.591. The van der Waals surface area contributed by atoms with Crippen molar-refractivity contribution in [1.82, 2.24) is 0 Å². The van der Waals surface area contributed by atoms with Gasteiger partial charge >= 0.3 is 0 Å². The van der Waals surface area contributed by atoms with Gasteiger partial charge in [-0.1, -0.05) is 30.2 Å². The van der Waals surface area contributed by atoms with E-state index in [-0.39, 0.29) is 10.6 Å². The fraction of sp³-hybridized carbons (Fsp3) is 0.455. The van der Waals surface area contributed by atoms with E-state index in [2.05, 4.69) is 0 Å².